The molecule has 1 aromatic heterocycles. The zero-order valence-corrected chi connectivity index (χ0v) is 17.2. The predicted octanol–water partition coefficient (Wildman–Crippen LogP) is 2.29. The second-order valence-electron chi connectivity index (χ2n) is 7.41. The molecule has 0 radical (unpaired) electrons. The lowest BCUT2D eigenvalue weighted by molar-refractivity contribution is 0.253. The number of aliphatic hydroxyl groups is 1. The quantitative estimate of drug-likeness (QED) is 0.312. The Hall–Kier alpha value is -1.63. The molecule has 0 saturated carbocycles. The molecule has 1 aliphatic rings. The van der Waals surface area contributed by atoms with Crippen molar-refractivity contribution in [3.63, 3.8) is 0 Å². The van der Waals surface area contributed by atoms with Crippen LogP contribution in [0.2, 0.25) is 0 Å². The Bertz CT molecular complexity index is 551. The summed E-state index contributed by atoms with van der Waals surface area (Å²) in [6, 6.07) is 0. The summed E-state index contributed by atoms with van der Waals surface area (Å²) < 4.78 is 2.33. The van der Waals surface area contributed by atoms with Crippen LogP contribution in [0.3, 0.4) is 0 Å². The molecule has 3 N–H and O–H groups in total. The third-order valence-corrected chi connectivity index (χ3v) is 5.14. The maximum Gasteiger partial charge on any atom is 0.191 e. The molecular formula is C20H38N6O. The molecule has 0 amide bonds. The average Bonchev–Trinajstić information content (AvgIpc) is 2.89. The molecule has 1 aliphatic heterocycles. The highest BCUT2D eigenvalue weighted by Crippen LogP contribution is 2.15. The van der Waals surface area contributed by atoms with Crippen molar-refractivity contribution in [1.82, 2.24) is 25.4 Å². The van der Waals surface area contributed by atoms with E-state index in [4.69, 9.17) is 4.99 Å². The summed E-state index contributed by atoms with van der Waals surface area (Å²) in [7, 11) is 0. The number of hydrogen-bond acceptors (Lipinski definition) is 4. The van der Waals surface area contributed by atoms with Gasteiger partial charge in [-0.25, -0.2) is 0 Å². The van der Waals surface area contributed by atoms with Gasteiger partial charge in [-0.2, -0.15) is 0 Å². The molecule has 0 bridgehead atoms. The fourth-order valence-electron chi connectivity index (χ4n) is 3.66. The summed E-state index contributed by atoms with van der Waals surface area (Å²) in [6.45, 7) is 8.06. The predicted molar refractivity (Wildman–Crippen MR) is 110 cm³/mol. The van der Waals surface area contributed by atoms with Gasteiger partial charge in [-0.1, -0.05) is 19.8 Å². The zero-order chi connectivity index (χ0) is 19.3. The van der Waals surface area contributed by atoms with Crippen LogP contribution in [0.4, 0.5) is 0 Å². The molecule has 1 aromatic rings. The molecule has 2 rings (SSSR count). The standard InChI is InChI=1S/C20H38N6O/c1-3-9-17(12-15-27)16-23-20(21-4-2)22-13-8-11-19-25-24-18-10-6-5-7-14-26(18)19/h17,27H,3-16H2,1-2H3,(H2,21,22,23). The van der Waals surface area contributed by atoms with E-state index in [2.05, 4.69) is 39.2 Å². The van der Waals surface area contributed by atoms with Gasteiger partial charge in [-0.15, -0.1) is 10.2 Å². The summed E-state index contributed by atoms with van der Waals surface area (Å²) in [6.07, 6.45) is 9.86. The Labute approximate surface area is 164 Å². The number of guanidine groups is 1. The molecule has 0 spiro atoms. The number of aryl methyl sites for hydroxylation is 2. The van der Waals surface area contributed by atoms with Crippen LogP contribution in [-0.4, -0.2) is 52.1 Å². The number of aliphatic imine (C=N–C) groups is 1. The van der Waals surface area contributed by atoms with E-state index in [-0.39, 0.29) is 6.61 Å². The number of aliphatic hydroxyl groups excluding tert-OH is 1. The van der Waals surface area contributed by atoms with Gasteiger partial charge in [0.2, 0.25) is 0 Å². The highest BCUT2D eigenvalue weighted by molar-refractivity contribution is 5.79. The largest absolute Gasteiger partial charge is 0.396 e. The summed E-state index contributed by atoms with van der Waals surface area (Å²) in [5.41, 5.74) is 0. The second-order valence-corrected chi connectivity index (χ2v) is 7.41. The molecule has 0 aromatic carbocycles. The number of hydrogen-bond donors (Lipinski definition) is 3. The van der Waals surface area contributed by atoms with E-state index in [1.54, 1.807) is 0 Å². The van der Waals surface area contributed by atoms with E-state index in [0.29, 0.717) is 5.92 Å². The van der Waals surface area contributed by atoms with E-state index in [0.717, 1.165) is 82.3 Å². The van der Waals surface area contributed by atoms with Gasteiger partial charge in [0.15, 0.2) is 5.96 Å². The van der Waals surface area contributed by atoms with Crippen molar-refractivity contribution in [2.45, 2.75) is 78.2 Å². The highest BCUT2D eigenvalue weighted by atomic mass is 16.3. The lowest BCUT2D eigenvalue weighted by Gasteiger charge is -2.15. The van der Waals surface area contributed by atoms with Crippen molar-refractivity contribution in [2.75, 3.05) is 26.2 Å². The van der Waals surface area contributed by atoms with Gasteiger partial charge < -0.3 is 20.3 Å². The van der Waals surface area contributed by atoms with Gasteiger partial charge in [-0.3, -0.25) is 4.99 Å². The molecule has 1 atom stereocenters. The molecule has 154 valence electrons. The van der Waals surface area contributed by atoms with Gasteiger partial charge in [0.1, 0.15) is 11.6 Å². The van der Waals surface area contributed by atoms with Crippen molar-refractivity contribution in [3.8, 4) is 0 Å². The average molecular weight is 379 g/mol. The summed E-state index contributed by atoms with van der Waals surface area (Å²) in [4.78, 5) is 4.72. The topological polar surface area (TPSA) is 87.4 Å². The highest BCUT2D eigenvalue weighted by Gasteiger charge is 2.14. The van der Waals surface area contributed by atoms with E-state index < -0.39 is 0 Å². The minimum atomic E-state index is 0.243. The van der Waals surface area contributed by atoms with E-state index in [1.165, 1.54) is 19.3 Å². The molecular weight excluding hydrogens is 340 g/mol. The first-order chi connectivity index (χ1) is 13.3. The minimum absolute atomic E-state index is 0.243. The van der Waals surface area contributed by atoms with Crippen molar-refractivity contribution >= 4 is 5.96 Å². The van der Waals surface area contributed by atoms with Crippen molar-refractivity contribution in [1.29, 1.82) is 0 Å². The molecule has 7 heteroatoms. The second kappa shape index (κ2) is 12.7. The first-order valence-electron chi connectivity index (χ1n) is 10.8. The first-order valence-corrected chi connectivity index (χ1v) is 10.8. The number of nitrogens with one attached hydrogen (secondary N) is 2. The van der Waals surface area contributed by atoms with Crippen molar-refractivity contribution in [3.05, 3.63) is 11.6 Å². The molecule has 0 saturated heterocycles. The Morgan fingerprint density at radius 3 is 2.85 bits per heavy atom. The van der Waals surface area contributed by atoms with Crippen molar-refractivity contribution < 1.29 is 5.11 Å². The molecule has 0 fully saturated rings. The van der Waals surface area contributed by atoms with Crippen LogP contribution in [0.1, 0.15) is 70.4 Å². The molecule has 7 nitrogen and oxygen atoms in total. The van der Waals surface area contributed by atoms with Crippen molar-refractivity contribution in [2.24, 2.45) is 10.9 Å². The summed E-state index contributed by atoms with van der Waals surface area (Å²) >= 11 is 0. The normalized spacial score (nSPS) is 15.9. The third-order valence-electron chi connectivity index (χ3n) is 5.14. The number of nitrogens with zero attached hydrogens (tertiary/aromatic N) is 4. The van der Waals surface area contributed by atoms with Crippen LogP contribution in [0.5, 0.6) is 0 Å². The van der Waals surface area contributed by atoms with E-state index >= 15 is 0 Å². The fraction of sp³-hybridized carbons (Fsp3) is 0.850. The number of rotatable bonds is 11. The van der Waals surface area contributed by atoms with Crippen LogP contribution in [0.15, 0.2) is 4.99 Å². The maximum atomic E-state index is 9.20. The fourth-order valence-corrected chi connectivity index (χ4v) is 3.66. The molecule has 0 aliphatic carbocycles. The Kier molecular flexibility index (Phi) is 10.2. The SMILES string of the molecule is CCCC(CCO)CN=C(NCC)NCCCc1nnc2n1CCCCC2. The van der Waals surface area contributed by atoms with Crippen LogP contribution < -0.4 is 10.6 Å². The van der Waals surface area contributed by atoms with Gasteiger partial charge in [0.05, 0.1) is 0 Å². The van der Waals surface area contributed by atoms with Crippen LogP contribution >= 0.6 is 0 Å². The van der Waals surface area contributed by atoms with Gasteiger partial charge >= 0.3 is 0 Å². The monoisotopic (exact) mass is 378 g/mol. The summed E-state index contributed by atoms with van der Waals surface area (Å²) in [5, 5.41) is 24.7. The number of aromatic nitrogens is 3. The van der Waals surface area contributed by atoms with Gasteiger partial charge in [0.25, 0.3) is 0 Å². The van der Waals surface area contributed by atoms with Gasteiger partial charge in [-0.05, 0) is 44.9 Å². The first kappa shape index (κ1) is 21.7. The van der Waals surface area contributed by atoms with E-state index in [9.17, 15) is 5.11 Å². The van der Waals surface area contributed by atoms with Crippen LogP contribution in [0, 0.1) is 5.92 Å². The lowest BCUT2D eigenvalue weighted by atomic mass is 10.0. The Balaban J connectivity index is 1.78. The maximum absolute atomic E-state index is 9.20. The molecule has 2 heterocycles. The zero-order valence-electron chi connectivity index (χ0n) is 17.2. The summed E-state index contributed by atoms with van der Waals surface area (Å²) in [5.74, 6) is 3.62. The van der Waals surface area contributed by atoms with E-state index in [1.807, 2.05) is 0 Å². The lowest BCUT2D eigenvalue weighted by Crippen LogP contribution is -2.38. The van der Waals surface area contributed by atoms with Crippen LogP contribution in [-0.2, 0) is 19.4 Å². The Morgan fingerprint density at radius 1 is 1.19 bits per heavy atom. The van der Waals surface area contributed by atoms with Gasteiger partial charge in [0, 0.05) is 45.6 Å². The minimum Gasteiger partial charge on any atom is -0.396 e. The Morgan fingerprint density at radius 2 is 2.07 bits per heavy atom. The van der Waals surface area contributed by atoms with Crippen LogP contribution in [0.25, 0.3) is 0 Å². The molecule has 1 unspecified atom stereocenters. The smallest absolute Gasteiger partial charge is 0.191 e. The number of fused-ring (bicyclic) bond motifs is 1. The third kappa shape index (κ3) is 7.48. The molecule has 27 heavy (non-hydrogen) atoms.